The molecule has 1 heteroatoms. The Balaban J connectivity index is 1.84. The zero-order valence-electron chi connectivity index (χ0n) is 9.66. The van der Waals surface area contributed by atoms with Crippen LogP contribution in [0, 0.1) is 5.92 Å². The molecular weight excluding hydrogens is 260 g/mol. The summed E-state index contributed by atoms with van der Waals surface area (Å²) in [5.41, 5.74) is 1.30. The van der Waals surface area contributed by atoms with Crippen LogP contribution in [0.4, 0.5) is 0 Å². The zero-order chi connectivity index (χ0) is 11.2. The van der Waals surface area contributed by atoms with E-state index in [0.29, 0.717) is 0 Å². The van der Waals surface area contributed by atoms with Crippen LogP contribution in [-0.2, 0) is 0 Å². The van der Waals surface area contributed by atoms with Gasteiger partial charge in [0, 0.05) is 4.47 Å². The predicted octanol–water partition coefficient (Wildman–Crippen LogP) is 5.43. The van der Waals surface area contributed by atoms with Crippen molar-refractivity contribution in [2.24, 2.45) is 5.92 Å². The van der Waals surface area contributed by atoms with Crippen molar-refractivity contribution < 1.29 is 0 Å². The standard InChI is InChI=1S/C15H19Br/c16-15-11-5-10-14(12-15)9-4-8-13-6-2-1-3-7-13/h4-5,9-13H,1-3,6-8H2. The van der Waals surface area contributed by atoms with Gasteiger partial charge in [0.05, 0.1) is 0 Å². The second-order valence-corrected chi connectivity index (χ2v) is 5.61. The van der Waals surface area contributed by atoms with Crippen LogP contribution in [0.2, 0.25) is 0 Å². The fraction of sp³-hybridized carbons (Fsp3) is 0.467. The number of allylic oxidation sites excluding steroid dienone is 1. The molecule has 0 aromatic heterocycles. The van der Waals surface area contributed by atoms with Crippen molar-refractivity contribution in [3.8, 4) is 0 Å². The maximum atomic E-state index is 3.50. The van der Waals surface area contributed by atoms with Crippen LogP contribution in [0.3, 0.4) is 0 Å². The summed E-state index contributed by atoms with van der Waals surface area (Å²) in [4.78, 5) is 0. The monoisotopic (exact) mass is 278 g/mol. The van der Waals surface area contributed by atoms with E-state index in [9.17, 15) is 0 Å². The van der Waals surface area contributed by atoms with Gasteiger partial charge < -0.3 is 0 Å². The quantitative estimate of drug-likeness (QED) is 0.691. The second-order valence-electron chi connectivity index (χ2n) is 4.70. The fourth-order valence-electron chi connectivity index (χ4n) is 2.43. The van der Waals surface area contributed by atoms with Gasteiger partial charge in [0.15, 0.2) is 0 Å². The summed E-state index contributed by atoms with van der Waals surface area (Å²) >= 11 is 3.50. The number of hydrogen-bond acceptors (Lipinski definition) is 0. The van der Waals surface area contributed by atoms with Crippen molar-refractivity contribution in [1.82, 2.24) is 0 Å². The van der Waals surface area contributed by atoms with E-state index in [2.05, 4.69) is 52.3 Å². The van der Waals surface area contributed by atoms with E-state index in [1.807, 2.05) is 0 Å². The molecule has 1 aromatic carbocycles. The topological polar surface area (TPSA) is 0 Å². The Hall–Kier alpha value is -0.560. The molecule has 1 saturated carbocycles. The molecule has 0 saturated heterocycles. The summed E-state index contributed by atoms with van der Waals surface area (Å²) in [7, 11) is 0. The Morgan fingerprint density at radius 3 is 2.75 bits per heavy atom. The molecule has 86 valence electrons. The van der Waals surface area contributed by atoms with E-state index < -0.39 is 0 Å². The van der Waals surface area contributed by atoms with Crippen LogP contribution in [0.1, 0.15) is 44.1 Å². The Morgan fingerprint density at radius 1 is 1.19 bits per heavy atom. The lowest BCUT2D eigenvalue weighted by Gasteiger charge is -2.19. The number of halogens is 1. The Kier molecular flexibility index (Phi) is 4.65. The molecule has 0 N–H and O–H groups in total. The molecular formula is C15H19Br. The molecule has 0 nitrogen and oxygen atoms in total. The summed E-state index contributed by atoms with van der Waals surface area (Å²) < 4.78 is 1.16. The highest BCUT2D eigenvalue weighted by Gasteiger charge is 2.10. The molecule has 0 bridgehead atoms. The second kappa shape index (κ2) is 6.24. The van der Waals surface area contributed by atoms with Gasteiger partial charge in [-0.15, -0.1) is 0 Å². The number of hydrogen-bond donors (Lipinski definition) is 0. The van der Waals surface area contributed by atoms with Crippen molar-refractivity contribution in [3.63, 3.8) is 0 Å². The van der Waals surface area contributed by atoms with Crippen LogP contribution >= 0.6 is 15.9 Å². The van der Waals surface area contributed by atoms with E-state index in [1.165, 1.54) is 44.1 Å². The van der Waals surface area contributed by atoms with E-state index in [1.54, 1.807) is 0 Å². The van der Waals surface area contributed by atoms with Crippen LogP contribution in [0.15, 0.2) is 34.8 Å². The Morgan fingerprint density at radius 2 is 2.00 bits per heavy atom. The van der Waals surface area contributed by atoms with Gasteiger partial charge in [-0.2, -0.15) is 0 Å². The van der Waals surface area contributed by atoms with Gasteiger partial charge in [-0.3, -0.25) is 0 Å². The van der Waals surface area contributed by atoms with E-state index in [4.69, 9.17) is 0 Å². The smallest absolute Gasteiger partial charge is 0.0181 e. The lowest BCUT2D eigenvalue weighted by molar-refractivity contribution is 0.362. The van der Waals surface area contributed by atoms with Crippen molar-refractivity contribution in [3.05, 3.63) is 40.4 Å². The van der Waals surface area contributed by atoms with E-state index in [0.717, 1.165) is 10.4 Å². The predicted molar refractivity (Wildman–Crippen MR) is 74.4 cm³/mol. The molecule has 2 rings (SSSR count). The van der Waals surface area contributed by atoms with Gasteiger partial charge in [0.25, 0.3) is 0 Å². The fourth-order valence-corrected chi connectivity index (χ4v) is 2.85. The number of rotatable bonds is 3. The maximum absolute atomic E-state index is 3.50. The molecule has 0 heterocycles. The lowest BCUT2D eigenvalue weighted by Crippen LogP contribution is -2.04. The van der Waals surface area contributed by atoms with Crippen LogP contribution in [0.5, 0.6) is 0 Å². The molecule has 0 atom stereocenters. The first-order chi connectivity index (χ1) is 7.84. The highest BCUT2D eigenvalue weighted by molar-refractivity contribution is 9.10. The SMILES string of the molecule is Brc1cccc(C=CCC2CCCCC2)c1. The first kappa shape index (κ1) is 11.9. The minimum absolute atomic E-state index is 0.942. The van der Waals surface area contributed by atoms with Gasteiger partial charge in [-0.1, -0.05) is 72.3 Å². The van der Waals surface area contributed by atoms with Gasteiger partial charge in [0.1, 0.15) is 0 Å². The van der Waals surface area contributed by atoms with Gasteiger partial charge >= 0.3 is 0 Å². The molecule has 16 heavy (non-hydrogen) atoms. The Bertz CT molecular complexity index is 348. The number of benzene rings is 1. The van der Waals surface area contributed by atoms with Gasteiger partial charge in [0.2, 0.25) is 0 Å². The Labute approximate surface area is 107 Å². The van der Waals surface area contributed by atoms with Crippen LogP contribution < -0.4 is 0 Å². The molecule has 0 unspecified atom stereocenters. The van der Waals surface area contributed by atoms with Crippen molar-refractivity contribution in [2.45, 2.75) is 38.5 Å². The largest absolute Gasteiger partial charge is 0.0837 e. The van der Waals surface area contributed by atoms with Crippen LogP contribution in [-0.4, -0.2) is 0 Å². The van der Waals surface area contributed by atoms with Crippen molar-refractivity contribution in [1.29, 1.82) is 0 Å². The third-order valence-electron chi connectivity index (χ3n) is 3.35. The zero-order valence-corrected chi connectivity index (χ0v) is 11.2. The molecule has 0 radical (unpaired) electrons. The third kappa shape index (κ3) is 3.79. The summed E-state index contributed by atoms with van der Waals surface area (Å²) in [6.07, 6.45) is 13.0. The molecule has 1 fully saturated rings. The van der Waals surface area contributed by atoms with E-state index in [-0.39, 0.29) is 0 Å². The molecule has 1 aliphatic rings. The minimum Gasteiger partial charge on any atom is -0.0837 e. The normalized spacial score (nSPS) is 18.1. The average molecular weight is 279 g/mol. The molecule has 1 aromatic rings. The summed E-state index contributed by atoms with van der Waals surface area (Å²) in [5, 5.41) is 0. The first-order valence-corrected chi connectivity index (χ1v) is 7.06. The van der Waals surface area contributed by atoms with Gasteiger partial charge in [-0.25, -0.2) is 0 Å². The van der Waals surface area contributed by atoms with Crippen LogP contribution in [0.25, 0.3) is 6.08 Å². The molecule has 1 aliphatic carbocycles. The summed E-state index contributed by atoms with van der Waals surface area (Å²) in [6, 6.07) is 8.47. The third-order valence-corrected chi connectivity index (χ3v) is 3.85. The van der Waals surface area contributed by atoms with Crippen molar-refractivity contribution >= 4 is 22.0 Å². The molecule has 0 amide bonds. The highest BCUT2D eigenvalue weighted by Crippen LogP contribution is 2.26. The lowest BCUT2D eigenvalue weighted by atomic mass is 9.87. The summed E-state index contributed by atoms with van der Waals surface area (Å²) in [6.45, 7) is 0. The summed E-state index contributed by atoms with van der Waals surface area (Å²) in [5.74, 6) is 0.942. The minimum atomic E-state index is 0.942. The molecule has 0 aliphatic heterocycles. The average Bonchev–Trinajstić information content (AvgIpc) is 2.30. The highest BCUT2D eigenvalue weighted by atomic mass is 79.9. The van der Waals surface area contributed by atoms with Crippen molar-refractivity contribution in [2.75, 3.05) is 0 Å². The van der Waals surface area contributed by atoms with E-state index >= 15 is 0 Å². The van der Waals surface area contributed by atoms with Gasteiger partial charge in [-0.05, 0) is 30.0 Å². The molecule has 0 spiro atoms. The first-order valence-electron chi connectivity index (χ1n) is 6.27. The maximum Gasteiger partial charge on any atom is 0.0181 e.